The SMILES string of the molecule is C=CCN(Cc1cccc2ccccc12)CC(O)CC#CCC. The van der Waals surface area contributed by atoms with Crippen molar-refractivity contribution in [2.24, 2.45) is 0 Å². The van der Waals surface area contributed by atoms with Crippen LogP contribution in [0, 0.1) is 11.8 Å². The molecular weight excluding hydrogens is 282 g/mol. The summed E-state index contributed by atoms with van der Waals surface area (Å²) in [6.45, 7) is 8.01. The molecule has 1 N–H and O–H groups in total. The third-order valence-electron chi connectivity index (χ3n) is 3.77. The number of benzene rings is 2. The lowest BCUT2D eigenvalue weighted by Gasteiger charge is -2.23. The van der Waals surface area contributed by atoms with E-state index in [9.17, 15) is 5.11 Å². The Morgan fingerprint density at radius 1 is 1.17 bits per heavy atom. The molecule has 0 aromatic heterocycles. The van der Waals surface area contributed by atoms with Crippen LogP contribution in [0.3, 0.4) is 0 Å². The molecule has 2 rings (SSSR count). The van der Waals surface area contributed by atoms with Crippen molar-refractivity contribution in [2.75, 3.05) is 13.1 Å². The van der Waals surface area contributed by atoms with Crippen LogP contribution in [-0.2, 0) is 6.54 Å². The van der Waals surface area contributed by atoms with Gasteiger partial charge in [0, 0.05) is 32.5 Å². The van der Waals surface area contributed by atoms with Gasteiger partial charge in [0.05, 0.1) is 6.10 Å². The largest absolute Gasteiger partial charge is 0.391 e. The third-order valence-corrected chi connectivity index (χ3v) is 3.77. The molecule has 0 spiro atoms. The van der Waals surface area contributed by atoms with Gasteiger partial charge in [-0.1, -0.05) is 55.5 Å². The van der Waals surface area contributed by atoms with Crippen molar-refractivity contribution in [3.8, 4) is 11.8 Å². The minimum atomic E-state index is -0.427. The lowest BCUT2D eigenvalue weighted by molar-refractivity contribution is 0.119. The molecule has 0 aliphatic rings. The standard InChI is InChI=1S/C21H25NO/c1-3-5-6-13-20(23)17-22(15-4-2)16-19-12-9-11-18-10-7-8-14-21(18)19/h4,7-12,14,20,23H,2-3,13,15-17H2,1H3. The van der Waals surface area contributed by atoms with E-state index in [1.54, 1.807) is 0 Å². The van der Waals surface area contributed by atoms with Crippen molar-refractivity contribution >= 4 is 10.8 Å². The number of nitrogens with zero attached hydrogens (tertiary/aromatic N) is 1. The van der Waals surface area contributed by atoms with E-state index in [-0.39, 0.29) is 0 Å². The molecule has 0 amide bonds. The van der Waals surface area contributed by atoms with E-state index in [1.807, 2.05) is 13.0 Å². The zero-order valence-electron chi connectivity index (χ0n) is 13.8. The number of fused-ring (bicyclic) bond motifs is 1. The minimum Gasteiger partial charge on any atom is -0.391 e. The predicted octanol–water partition coefficient (Wildman–Crippen LogP) is 3.99. The topological polar surface area (TPSA) is 23.5 Å². The van der Waals surface area contributed by atoms with Crippen LogP contribution in [0.5, 0.6) is 0 Å². The molecule has 2 aromatic carbocycles. The Hall–Kier alpha value is -2.08. The highest BCUT2D eigenvalue weighted by molar-refractivity contribution is 5.85. The Labute approximate surface area is 139 Å². The molecule has 0 fully saturated rings. The molecule has 0 saturated heterocycles. The van der Waals surface area contributed by atoms with Crippen LogP contribution in [0.4, 0.5) is 0 Å². The zero-order chi connectivity index (χ0) is 16.5. The van der Waals surface area contributed by atoms with Gasteiger partial charge >= 0.3 is 0 Å². The van der Waals surface area contributed by atoms with Crippen molar-refractivity contribution < 1.29 is 5.11 Å². The Morgan fingerprint density at radius 3 is 2.74 bits per heavy atom. The normalized spacial score (nSPS) is 12.0. The van der Waals surface area contributed by atoms with Crippen molar-refractivity contribution in [3.63, 3.8) is 0 Å². The van der Waals surface area contributed by atoms with E-state index >= 15 is 0 Å². The second kappa shape index (κ2) is 9.15. The molecule has 2 nitrogen and oxygen atoms in total. The summed E-state index contributed by atoms with van der Waals surface area (Å²) >= 11 is 0. The molecule has 1 unspecified atom stereocenters. The number of hydrogen-bond acceptors (Lipinski definition) is 2. The first kappa shape index (κ1) is 17.3. The third kappa shape index (κ3) is 5.25. The van der Waals surface area contributed by atoms with E-state index in [1.165, 1.54) is 16.3 Å². The highest BCUT2D eigenvalue weighted by Crippen LogP contribution is 2.20. The van der Waals surface area contributed by atoms with Gasteiger partial charge in [-0.2, -0.15) is 0 Å². The van der Waals surface area contributed by atoms with Crippen LogP contribution in [0.1, 0.15) is 25.3 Å². The Bertz CT molecular complexity index is 690. The lowest BCUT2D eigenvalue weighted by atomic mass is 10.0. The van der Waals surface area contributed by atoms with E-state index in [4.69, 9.17) is 0 Å². The van der Waals surface area contributed by atoms with Gasteiger partial charge in [-0.3, -0.25) is 4.90 Å². The number of hydrogen-bond donors (Lipinski definition) is 1. The first-order valence-corrected chi connectivity index (χ1v) is 8.18. The minimum absolute atomic E-state index is 0.427. The Balaban J connectivity index is 2.10. The maximum Gasteiger partial charge on any atom is 0.0776 e. The number of aliphatic hydroxyl groups excluding tert-OH is 1. The summed E-state index contributed by atoms with van der Waals surface area (Å²) in [5.41, 5.74) is 1.27. The van der Waals surface area contributed by atoms with E-state index in [0.717, 1.165) is 19.5 Å². The molecule has 23 heavy (non-hydrogen) atoms. The highest BCUT2D eigenvalue weighted by atomic mass is 16.3. The summed E-state index contributed by atoms with van der Waals surface area (Å²) in [6, 6.07) is 14.8. The van der Waals surface area contributed by atoms with Gasteiger partial charge in [-0.15, -0.1) is 18.4 Å². The lowest BCUT2D eigenvalue weighted by Crippen LogP contribution is -2.32. The first-order valence-electron chi connectivity index (χ1n) is 8.18. The van der Waals surface area contributed by atoms with Crippen molar-refractivity contribution in [1.82, 2.24) is 4.90 Å². The maximum absolute atomic E-state index is 10.2. The van der Waals surface area contributed by atoms with E-state index in [0.29, 0.717) is 13.0 Å². The molecule has 1 atom stereocenters. The molecule has 0 saturated carbocycles. The van der Waals surface area contributed by atoms with Crippen molar-refractivity contribution in [3.05, 3.63) is 60.7 Å². The van der Waals surface area contributed by atoms with Gasteiger partial charge < -0.3 is 5.11 Å². The maximum atomic E-state index is 10.2. The monoisotopic (exact) mass is 307 g/mol. The summed E-state index contributed by atoms with van der Waals surface area (Å²) in [7, 11) is 0. The van der Waals surface area contributed by atoms with Gasteiger partial charge in [0.1, 0.15) is 0 Å². The van der Waals surface area contributed by atoms with Gasteiger partial charge in [0.25, 0.3) is 0 Å². The summed E-state index contributed by atoms with van der Waals surface area (Å²) in [5.74, 6) is 6.03. The molecule has 0 radical (unpaired) electrons. The van der Waals surface area contributed by atoms with Crippen LogP contribution in [0.25, 0.3) is 10.8 Å². The second-order valence-electron chi connectivity index (χ2n) is 5.69. The van der Waals surface area contributed by atoms with Gasteiger partial charge in [-0.25, -0.2) is 0 Å². The fraction of sp³-hybridized carbons (Fsp3) is 0.333. The second-order valence-corrected chi connectivity index (χ2v) is 5.69. The number of aliphatic hydroxyl groups is 1. The fourth-order valence-electron chi connectivity index (χ4n) is 2.74. The molecule has 2 aromatic rings. The molecule has 0 aliphatic carbocycles. The van der Waals surface area contributed by atoms with Gasteiger partial charge in [0.15, 0.2) is 0 Å². The van der Waals surface area contributed by atoms with Crippen LogP contribution in [-0.4, -0.2) is 29.2 Å². The van der Waals surface area contributed by atoms with Gasteiger partial charge in [-0.05, 0) is 16.3 Å². The summed E-state index contributed by atoms with van der Waals surface area (Å²) in [4.78, 5) is 2.22. The highest BCUT2D eigenvalue weighted by Gasteiger charge is 2.12. The van der Waals surface area contributed by atoms with Gasteiger partial charge in [0.2, 0.25) is 0 Å². The number of rotatable bonds is 7. The molecule has 0 aliphatic heterocycles. The van der Waals surface area contributed by atoms with E-state index < -0.39 is 6.10 Å². The summed E-state index contributed by atoms with van der Waals surface area (Å²) in [6.07, 6.45) is 2.81. The summed E-state index contributed by atoms with van der Waals surface area (Å²) in [5, 5.41) is 12.7. The average molecular weight is 307 g/mol. The Morgan fingerprint density at radius 2 is 1.96 bits per heavy atom. The molecule has 0 bridgehead atoms. The quantitative estimate of drug-likeness (QED) is 0.617. The fourth-order valence-corrected chi connectivity index (χ4v) is 2.74. The average Bonchev–Trinajstić information content (AvgIpc) is 2.55. The summed E-state index contributed by atoms with van der Waals surface area (Å²) < 4.78 is 0. The van der Waals surface area contributed by atoms with Crippen LogP contribution < -0.4 is 0 Å². The molecule has 2 heteroatoms. The molecule has 120 valence electrons. The van der Waals surface area contributed by atoms with Crippen LogP contribution >= 0.6 is 0 Å². The van der Waals surface area contributed by atoms with E-state index in [2.05, 4.69) is 65.8 Å². The Kier molecular flexibility index (Phi) is 6.87. The van der Waals surface area contributed by atoms with Crippen LogP contribution in [0.15, 0.2) is 55.1 Å². The predicted molar refractivity (Wildman–Crippen MR) is 98.1 cm³/mol. The molecule has 0 heterocycles. The van der Waals surface area contributed by atoms with Crippen molar-refractivity contribution in [1.29, 1.82) is 0 Å². The van der Waals surface area contributed by atoms with Crippen molar-refractivity contribution in [2.45, 2.75) is 32.4 Å². The molecular formula is C21H25NO. The zero-order valence-corrected chi connectivity index (χ0v) is 13.8. The smallest absolute Gasteiger partial charge is 0.0776 e. The first-order chi connectivity index (χ1) is 11.2. The van der Waals surface area contributed by atoms with Crippen LogP contribution in [0.2, 0.25) is 0 Å².